The van der Waals surface area contributed by atoms with Crippen LogP contribution in [0.3, 0.4) is 0 Å². The van der Waals surface area contributed by atoms with Crippen molar-refractivity contribution in [3.63, 3.8) is 0 Å². The van der Waals surface area contributed by atoms with Gasteiger partial charge in [-0.2, -0.15) is 0 Å². The minimum Gasteiger partial charge on any atom is -0.469 e. The lowest BCUT2D eigenvalue weighted by Gasteiger charge is -2.09. The molecule has 0 aromatic carbocycles. The van der Waals surface area contributed by atoms with Gasteiger partial charge < -0.3 is 9.84 Å². The molecular weight excluding hydrogens is 158 g/mol. The molecule has 0 aliphatic rings. The second-order valence-electron chi connectivity index (χ2n) is 2.03. The fourth-order valence-corrected chi connectivity index (χ4v) is 0.627. The molecule has 11 heavy (non-hydrogen) atoms. The van der Waals surface area contributed by atoms with Crippen molar-refractivity contribution in [1.82, 2.24) is 0 Å². The molecule has 0 aromatic rings. The van der Waals surface area contributed by atoms with Gasteiger partial charge >= 0.3 is 5.97 Å². The summed E-state index contributed by atoms with van der Waals surface area (Å²) in [6.45, 7) is -0.600. The van der Waals surface area contributed by atoms with Crippen LogP contribution < -0.4 is 0 Å². The van der Waals surface area contributed by atoms with Crippen LogP contribution in [-0.2, 0) is 9.53 Å². The standard InChI is InChI=1S/C6H10F2O3/c1-11-6(10)4(3-9)2-5(7)8/h4-5,9H,2-3H2,1H3. The van der Waals surface area contributed by atoms with E-state index in [2.05, 4.69) is 4.74 Å². The molecular formula is C6H10F2O3. The van der Waals surface area contributed by atoms with Crippen molar-refractivity contribution in [3.8, 4) is 0 Å². The van der Waals surface area contributed by atoms with Crippen molar-refractivity contribution in [3.05, 3.63) is 0 Å². The first-order chi connectivity index (χ1) is 5.11. The molecule has 1 atom stereocenters. The van der Waals surface area contributed by atoms with Gasteiger partial charge in [0.2, 0.25) is 6.43 Å². The molecule has 0 aromatic heterocycles. The Morgan fingerprint density at radius 1 is 1.64 bits per heavy atom. The Morgan fingerprint density at radius 3 is 2.45 bits per heavy atom. The molecule has 5 heteroatoms. The summed E-state index contributed by atoms with van der Waals surface area (Å²) in [4.78, 5) is 10.6. The Kier molecular flexibility index (Phi) is 4.69. The second kappa shape index (κ2) is 5.01. The maximum absolute atomic E-state index is 11.6. The van der Waals surface area contributed by atoms with Gasteiger partial charge in [-0.05, 0) is 0 Å². The van der Waals surface area contributed by atoms with E-state index in [1.807, 2.05) is 0 Å². The van der Waals surface area contributed by atoms with E-state index in [4.69, 9.17) is 5.11 Å². The van der Waals surface area contributed by atoms with Crippen LogP contribution in [0.15, 0.2) is 0 Å². The Bertz CT molecular complexity index is 127. The Labute approximate surface area is 63.0 Å². The summed E-state index contributed by atoms with van der Waals surface area (Å²) < 4.78 is 27.5. The average molecular weight is 168 g/mol. The van der Waals surface area contributed by atoms with Gasteiger partial charge in [-0.1, -0.05) is 0 Å². The summed E-state index contributed by atoms with van der Waals surface area (Å²) in [5.41, 5.74) is 0. The lowest BCUT2D eigenvalue weighted by Crippen LogP contribution is -2.22. The Morgan fingerprint density at radius 2 is 2.18 bits per heavy atom. The van der Waals surface area contributed by atoms with E-state index in [0.29, 0.717) is 0 Å². The van der Waals surface area contributed by atoms with Crippen molar-refractivity contribution >= 4 is 5.97 Å². The number of hydrogen-bond donors (Lipinski definition) is 1. The van der Waals surface area contributed by atoms with E-state index >= 15 is 0 Å². The quantitative estimate of drug-likeness (QED) is 0.619. The van der Waals surface area contributed by atoms with Crippen molar-refractivity contribution in [2.45, 2.75) is 12.8 Å². The average Bonchev–Trinajstić information content (AvgIpc) is 1.98. The molecule has 1 unspecified atom stereocenters. The molecule has 0 saturated heterocycles. The fourth-order valence-electron chi connectivity index (χ4n) is 0.627. The fraction of sp³-hybridized carbons (Fsp3) is 0.833. The molecule has 3 nitrogen and oxygen atoms in total. The highest BCUT2D eigenvalue weighted by Gasteiger charge is 2.22. The molecule has 0 aliphatic carbocycles. The first kappa shape index (κ1) is 10.3. The van der Waals surface area contributed by atoms with Crippen molar-refractivity contribution in [2.24, 2.45) is 5.92 Å². The monoisotopic (exact) mass is 168 g/mol. The highest BCUT2D eigenvalue weighted by Crippen LogP contribution is 2.11. The van der Waals surface area contributed by atoms with E-state index in [0.717, 1.165) is 7.11 Å². The van der Waals surface area contributed by atoms with Crippen LogP contribution in [0.2, 0.25) is 0 Å². The van der Waals surface area contributed by atoms with Crippen LogP contribution in [-0.4, -0.2) is 31.2 Å². The number of ether oxygens (including phenoxy) is 1. The van der Waals surface area contributed by atoms with E-state index in [1.54, 1.807) is 0 Å². The molecule has 0 aliphatic heterocycles. The third-order valence-corrected chi connectivity index (χ3v) is 1.22. The van der Waals surface area contributed by atoms with Crippen molar-refractivity contribution < 1.29 is 23.4 Å². The van der Waals surface area contributed by atoms with E-state index in [1.165, 1.54) is 0 Å². The number of carbonyl (C=O) groups excluding carboxylic acids is 1. The highest BCUT2D eigenvalue weighted by atomic mass is 19.3. The zero-order valence-electron chi connectivity index (χ0n) is 6.09. The number of aliphatic hydroxyl groups is 1. The SMILES string of the molecule is COC(=O)C(CO)CC(F)F. The predicted octanol–water partition coefficient (Wildman–Crippen LogP) is 0.423. The van der Waals surface area contributed by atoms with Crippen LogP contribution in [0.5, 0.6) is 0 Å². The molecule has 0 saturated carbocycles. The zero-order chi connectivity index (χ0) is 8.85. The smallest absolute Gasteiger partial charge is 0.311 e. The summed E-state index contributed by atoms with van der Waals surface area (Å²) in [6.07, 6.45) is -3.24. The lowest BCUT2D eigenvalue weighted by atomic mass is 10.1. The largest absolute Gasteiger partial charge is 0.469 e. The van der Waals surface area contributed by atoms with Gasteiger partial charge in [-0.25, -0.2) is 8.78 Å². The normalized spacial score (nSPS) is 13.2. The van der Waals surface area contributed by atoms with Gasteiger partial charge in [0.15, 0.2) is 0 Å². The summed E-state index contributed by atoms with van der Waals surface area (Å²) in [6, 6.07) is 0. The number of esters is 1. The van der Waals surface area contributed by atoms with Gasteiger partial charge in [0, 0.05) is 6.42 Å². The molecule has 0 radical (unpaired) electrons. The predicted molar refractivity (Wildman–Crippen MR) is 33.2 cm³/mol. The first-order valence-electron chi connectivity index (χ1n) is 3.08. The van der Waals surface area contributed by atoms with Gasteiger partial charge in [-0.3, -0.25) is 4.79 Å². The summed E-state index contributed by atoms with van der Waals surface area (Å²) in [5.74, 6) is -1.90. The number of hydrogen-bond acceptors (Lipinski definition) is 3. The van der Waals surface area contributed by atoms with Gasteiger partial charge in [-0.15, -0.1) is 0 Å². The second-order valence-corrected chi connectivity index (χ2v) is 2.03. The molecule has 0 amide bonds. The number of alkyl halides is 2. The molecule has 0 fully saturated rings. The molecule has 66 valence electrons. The number of halogens is 2. The Hall–Kier alpha value is -0.710. The molecule has 0 bridgehead atoms. The third-order valence-electron chi connectivity index (χ3n) is 1.22. The zero-order valence-corrected chi connectivity index (χ0v) is 6.09. The Balaban J connectivity index is 3.84. The maximum Gasteiger partial charge on any atom is 0.311 e. The first-order valence-corrected chi connectivity index (χ1v) is 3.08. The number of rotatable bonds is 4. The number of carbonyl (C=O) groups is 1. The highest BCUT2D eigenvalue weighted by molar-refractivity contribution is 5.72. The minimum atomic E-state index is -2.59. The molecule has 0 heterocycles. The minimum absolute atomic E-state index is 0.600. The van der Waals surface area contributed by atoms with E-state index in [9.17, 15) is 13.6 Å². The van der Waals surface area contributed by atoms with Crippen LogP contribution >= 0.6 is 0 Å². The topological polar surface area (TPSA) is 46.5 Å². The van der Waals surface area contributed by atoms with Gasteiger partial charge in [0.05, 0.1) is 19.6 Å². The number of aliphatic hydroxyl groups excluding tert-OH is 1. The van der Waals surface area contributed by atoms with Gasteiger partial charge in [0.25, 0.3) is 0 Å². The van der Waals surface area contributed by atoms with E-state index < -0.39 is 31.3 Å². The van der Waals surface area contributed by atoms with Crippen LogP contribution in [0.4, 0.5) is 8.78 Å². The van der Waals surface area contributed by atoms with Crippen molar-refractivity contribution in [1.29, 1.82) is 0 Å². The molecule has 0 spiro atoms. The third kappa shape index (κ3) is 3.87. The maximum atomic E-state index is 11.6. The van der Waals surface area contributed by atoms with Crippen LogP contribution in [0, 0.1) is 5.92 Å². The molecule has 1 N–H and O–H groups in total. The van der Waals surface area contributed by atoms with Gasteiger partial charge in [0.1, 0.15) is 0 Å². The van der Waals surface area contributed by atoms with Crippen LogP contribution in [0.25, 0.3) is 0 Å². The van der Waals surface area contributed by atoms with Crippen LogP contribution in [0.1, 0.15) is 6.42 Å². The summed E-state index contributed by atoms with van der Waals surface area (Å²) in [7, 11) is 1.09. The lowest BCUT2D eigenvalue weighted by molar-refractivity contribution is -0.148. The number of methoxy groups -OCH3 is 1. The van der Waals surface area contributed by atoms with Crippen molar-refractivity contribution in [2.75, 3.05) is 13.7 Å². The summed E-state index contributed by atoms with van der Waals surface area (Å²) >= 11 is 0. The summed E-state index contributed by atoms with van der Waals surface area (Å²) in [5, 5.41) is 8.44. The molecule has 0 rings (SSSR count). The van der Waals surface area contributed by atoms with E-state index in [-0.39, 0.29) is 0 Å².